The van der Waals surface area contributed by atoms with Crippen LogP contribution in [0.3, 0.4) is 0 Å². The maximum atomic E-state index is 11.4. The number of nitrogens with two attached hydrogens (primary N) is 1. The van der Waals surface area contributed by atoms with Crippen molar-refractivity contribution in [3.8, 4) is 5.75 Å². The van der Waals surface area contributed by atoms with Gasteiger partial charge < -0.3 is 15.2 Å². The van der Waals surface area contributed by atoms with E-state index in [4.69, 9.17) is 15.2 Å². The van der Waals surface area contributed by atoms with Crippen LogP contribution in [0.2, 0.25) is 0 Å². The molecule has 0 bridgehead atoms. The van der Waals surface area contributed by atoms with Crippen molar-refractivity contribution in [2.45, 2.75) is 29.9 Å². The first-order valence-corrected chi connectivity index (χ1v) is 8.16. The highest BCUT2D eigenvalue weighted by Gasteiger charge is 2.24. The first-order valence-electron chi connectivity index (χ1n) is 6.27. The zero-order chi connectivity index (χ0) is 13.9. The van der Waals surface area contributed by atoms with Crippen LogP contribution >= 0.6 is 0 Å². The summed E-state index contributed by atoms with van der Waals surface area (Å²) in [7, 11) is -3.20. The van der Waals surface area contributed by atoms with E-state index >= 15 is 0 Å². The first-order chi connectivity index (χ1) is 8.99. The molecule has 106 valence electrons. The molecule has 2 rings (SSSR count). The lowest BCUT2D eigenvalue weighted by Crippen LogP contribution is -2.23. The predicted octanol–water partition coefficient (Wildman–Crippen LogP) is 0.975. The quantitative estimate of drug-likeness (QED) is 0.872. The lowest BCUT2D eigenvalue weighted by atomic mass is 10.2. The highest BCUT2D eigenvalue weighted by Crippen LogP contribution is 2.22. The average molecular weight is 285 g/mol. The lowest BCUT2D eigenvalue weighted by molar-refractivity contribution is 0.0221. The van der Waals surface area contributed by atoms with Crippen molar-refractivity contribution < 1.29 is 17.9 Å². The Kier molecular flexibility index (Phi) is 4.44. The smallest absolute Gasteiger partial charge is 0.175 e. The highest BCUT2D eigenvalue weighted by atomic mass is 32.2. The van der Waals surface area contributed by atoms with E-state index in [1.807, 2.05) is 0 Å². The van der Waals surface area contributed by atoms with Crippen LogP contribution in [0, 0.1) is 0 Å². The molecule has 2 atom stereocenters. The molecule has 1 aromatic carbocycles. The van der Waals surface area contributed by atoms with E-state index in [9.17, 15) is 8.42 Å². The molecule has 0 radical (unpaired) electrons. The summed E-state index contributed by atoms with van der Waals surface area (Å²) in [6.07, 6.45) is 3.21. The minimum atomic E-state index is -3.20. The minimum Gasteiger partial charge on any atom is -0.491 e. The standard InChI is InChI=1S/C13H19NO4S/c1-19(15,16)13-4-2-3-10(7-13)17-9-12-6-5-11(8-14)18-12/h2-4,7,11-12H,5-6,8-9,14H2,1H3. The SMILES string of the molecule is CS(=O)(=O)c1cccc(OCC2CCC(CN)O2)c1. The molecule has 0 aromatic heterocycles. The Bertz CT molecular complexity index is 529. The molecule has 2 N–H and O–H groups in total. The number of hydrogen-bond acceptors (Lipinski definition) is 5. The topological polar surface area (TPSA) is 78.6 Å². The van der Waals surface area contributed by atoms with Gasteiger partial charge in [-0.05, 0) is 31.0 Å². The summed E-state index contributed by atoms with van der Waals surface area (Å²) in [4.78, 5) is 0.261. The second-order valence-electron chi connectivity index (χ2n) is 4.75. The Morgan fingerprint density at radius 3 is 2.74 bits per heavy atom. The minimum absolute atomic E-state index is 0.0374. The molecular weight excluding hydrogens is 266 g/mol. The van der Waals surface area contributed by atoms with Crippen LogP contribution in [0.1, 0.15) is 12.8 Å². The van der Waals surface area contributed by atoms with Crippen LogP contribution in [0.4, 0.5) is 0 Å². The van der Waals surface area contributed by atoms with Gasteiger partial charge in [0.25, 0.3) is 0 Å². The molecule has 0 saturated carbocycles. The predicted molar refractivity (Wildman–Crippen MR) is 72.0 cm³/mol. The van der Waals surface area contributed by atoms with Gasteiger partial charge in [-0.2, -0.15) is 0 Å². The Morgan fingerprint density at radius 1 is 1.37 bits per heavy atom. The van der Waals surface area contributed by atoms with E-state index in [1.54, 1.807) is 18.2 Å². The van der Waals surface area contributed by atoms with Gasteiger partial charge in [0.1, 0.15) is 12.4 Å². The van der Waals surface area contributed by atoms with E-state index < -0.39 is 9.84 Å². The normalized spacial score (nSPS) is 23.5. The van der Waals surface area contributed by atoms with E-state index in [0.717, 1.165) is 12.8 Å². The molecule has 6 heteroatoms. The summed E-state index contributed by atoms with van der Waals surface area (Å²) in [5.74, 6) is 0.544. The summed E-state index contributed by atoms with van der Waals surface area (Å²) in [6.45, 7) is 0.948. The zero-order valence-corrected chi connectivity index (χ0v) is 11.7. The van der Waals surface area contributed by atoms with Crippen molar-refractivity contribution in [1.82, 2.24) is 0 Å². The van der Waals surface area contributed by atoms with Crippen molar-refractivity contribution in [2.75, 3.05) is 19.4 Å². The van der Waals surface area contributed by atoms with E-state index in [1.165, 1.54) is 12.3 Å². The van der Waals surface area contributed by atoms with Crippen LogP contribution in [-0.4, -0.2) is 40.0 Å². The van der Waals surface area contributed by atoms with Crippen molar-refractivity contribution >= 4 is 9.84 Å². The molecule has 2 unspecified atom stereocenters. The van der Waals surface area contributed by atoms with Gasteiger partial charge >= 0.3 is 0 Å². The second-order valence-corrected chi connectivity index (χ2v) is 6.77. The molecule has 19 heavy (non-hydrogen) atoms. The number of sulfone groups is 1. The molecule has 1 fully saturated rings. The molecule has 0 amide bonds. The number of ether oxygens (including phenoxy) is 2. The third-order valence-corrected chi connectivity index (χ3v) is 4.24. The van der Waals surface area contributed by atoms with Crippen LogP contribution in [-0.2, 0) is 14.6 Å². The summed E-state index contributed by atoms with van der Waals surface area (Å²) in [6, 6.07) is 6.50. The number of rotatable bonds is 5. The molecular formula is C13H19NO4S. The van der Waals surface area contributed by atoms with Crippen molar-refractivity contribution in [2.24, 2.45) is 5.73 Å². The Balaban J connectivity index is 1.93. The van der Waals surface area contributed by atoms with Crippen LogP contribution < -0.4 is 10.5 Å². The van der Waals surface area contributed by atoms with Crippen LogP contribution in [0.25, 0.3) is 0 Å². The average Bonchev–Trinajstić information content (AvgIpc) is 2.84. The maximum Gasteiger partial charge on any atom is 0.175 e. The summed E-state index contributed by atoms with van der Waals surface area (Å²) in [5.41, 5.74) is 5.54. The summed E-state index contributed by atoms with van der Waals surface area (Å²) in [5, 5.41) is 0. The van der Waals surface area contributed by atoms with Gasteiger partial charge in [-0.3, -0.25) is 0 Å². The van der Waals surface area contributed by atoms with E-state index in [0.29, 0.717) is 18.9 Å². The second kappa shape index (κ2) is 5.90. The van der Waals surface area contributed by atoms with Crippen LogP contribution in [0.5, 0.6) is 5.75 Å². The Hall–Kier alpha value is -1.11. The molecule has 1 aliphatic heterocycles. The number of hydrogen-bond donors (Lipinski definition) is 1. The van der Waals surface area contributed by atoms with Gasteiger partial charge in [-0.15, -0.1) is 0 Å². The molecule has 5 nitrogen and oxygen atoms in total. The van der Waals surface area contributed by atoms with Gasteiger partial charge in [0, 0.05) is 12.8 Å². The summed E-state index contributed by atoms with van der Waals surface area (Å²) >= 11 is 0. The monoisotopic (exact) mass is 285 g/mol. The van der Waals surface area contributed by atoms with Gasteiger partial charge in [-0.25, -0.2) is 8.42 Å². The third-order valence-electron chi connectivity index (χ3n) is 3.13. The third kappa shape index (κ3) is 3.92. The molecule has 1 aromatic rings. The van der Waals surface area contributed by atoms with E-state index in [-0.39, 0.29) is 17.1 Å². The molecule has 0 spiro atoms. The Morgan fingerprint density at radius 2 is 2.11 bits per heavy atom. The largest absolute Gasteiger partial charge is 0.491 e. The summed E-state index contributed by atoms with van der Waals surface area (Å²) < 4.78 is 34.1. The zero-order valence-electron chi connectivity index (χ0n) is 10.9. The Labute approximate surface area is 113 Å². The molecule has 1 heterocycles. The number of benzene rings is 1. The fourth-order valence-electron chi connectivity index (χ4n) is 2.06. The van der Waals surface area contributed by atoms with E-state index in [2.05, 4.69) is 0 Å². The van der Waals surface area contributed by atoms with Crippen molar-refractivity contribution in [3.05, 3.63) is 24.3 Å². The van der Waals surface area contributed by atoms with Crippen molar-refractivity contribution in [1.29, 1.82) is 0 Å². The molecule has 1 aliphatic rings. The van der Waals surface area contributed by atoms with Crippen molar-refractivity contribution in [3.63, 3.8) is 0 Å². The first kappa shape index (κ1) is 14.3. The van der Waals surface area contributed by atoms with Crippen LogP contribution in [0.15, 0.2) is 29.2 Å². The van der Waals surface area contributed by atoms with Gasteiger partial charge in [-0.1, -0.05) is 6.07 Å². The highest BCUT2D eigenvalue weighted by molar-refractivity contribution is 7.90. The van der Waals surface area contributed by atoms with Gasteiger partial charge in [0.15, 0.2) is 9.84 Å². The fourth-order valence-corrected chi connectivity index (χ4v) is 2.72. The van der Waals surface area contributed by atoms with Gasteiger partial charge in [0.2, 0.25) is 0 Å². The fraction of sp³-hybridized carbons (Fsp3) is 0.538. The maximum absolute atomic E-state index is 11.4. The molecule has 1 saturated heterocycles. The lowest BCUT2D eigenvalue weighted by Gasteiger charge is -2.14. The van der Waals surface area contributed by atoms with Gasteiger partial charge in [0.05, 0.1) is 17.1 Å². The molecule has 0 aliphatic carbocycles.